The van der Waals surface area contributed by atoms with Crippen molar-refractivity contribution in [3.8, 4) is 17.6 Å². The number of para-hydroxylation sites is 1. The van der Waals surface area contributed by atoms with Gasteiger partial charge in [0, 0.05) is 5.92 Å². The highest BCUT2D eigenvalue weighted by atomic mass is 16.5. The second kappa shape index (κ2) is 8.20. The predicted octanol–water partition coefficient (Wildman–Crippen LogP) is 6.34. The predicted molar refractivity (Wildman–Crippen MR) is 117 cm³/mol. The van der Waals surface area contributed by atoms with Gasteiger partial charge < -0.3 is 9.84 Å². The number of hydrogen-bond acceptors (Lipinski definition) is 3. The molecule has 0 heterocycles. The number of benzene rings is 2. The molecule has 1 aliphatic rings. The van der Waals surface area contributed by atoms with E-state index in [9.17, 15) is 15.2 Å². The fraction of sp³-hybridized carbons (Fsp3) is 0.308. The first-order valence-corrected chi connectivity index (χ1v) is 10.0. The number of hydrogen-bond donors (Lipinski definition) is 1. The van der Waals surface area contributed by atoms with E-state index < -0.39 is 22.7 Å². The lowest BCUT2D eigenvalue weighted by Gasteiger charge is -2.22. The Hall–Kier alpha value is -3.32. The lowest BCUT2D eigenvalue weighted by atomic mass is 9.78. The van der Waals surface area contributed by atoms with E-state index in [4.69, 9.17) is 4.74 Å². The van der Waals surface area contributed by atoms with Gasteiger partial charge in [-0.15, -0.1) is 0 Å². The van der Waals surface area contributed by atoms with Gasteiger partial charge in [-0.1, -0.05) is 68.0 Å². The molecule has 0 saturated heterocycles. The molecular weight excluding hydrogens is 374 g/mol. The molecule has 0 spiro atoms. The fourth-order valence-electron chi connectivity index (χ4n) is 4.49. The van der Waals surface area contributed by atoms with Crippen LogP contribution in [0, 0.1) is 28.1 Å². The molecule has 2 aromatic rings. The monoisotopic (exact) mass is 401 g/mol. The van der Waals surface area contributed by atoms with Crippen LogP contribution in [-0.4, -0.2) is 11.1 Å². The van der Waals surface area contributed by atoms with E-state index in [-0.39, 0.29) is 5.92 Å². The quantitative estimate of drug-likeness (QED) is 0.550. The number of rotatable bonds is 7. The number of carboxylic acids is 1. The van der Waals surface area contributed by atoms with Crippen LogP contribution in [0.1, 0.15) is 39.2 Å². The fourth-order valence-corrected chi connectivity index (χ4v) is 4.49. The molecule has 1 saturated carbocycles. The third kappa shape index (κ3) is 3.64. The van der Waals surface area contributed by atoms with Crippen LogP contribution < -0.4 is 4.74 Å². The van der Waals surface area contributed by atoms with E-state index in [1.54, 1.807) is 12.1 Å². The molecule has 3 unspecified atom stereocenters. The summed E-state index contributed by atoms with van der Waals surface area (Å²) in [6, 6.07) is 18.9. The Labute approximate surface area is 178 Å². The zero-order chi connectivity index (χ0) is 21.9. The van der Waals surface area contributed by atoms with Crippen molar-refractivity contribution >= 4 is 5.97 Å². The molecule has 0 radical (unpaired) electrons. The lowest BCUT2D eigenvalue weighted by Crippen LogP contribution is -2.28. The van der Waals surface area contributed by atoms with E-state index >= 15 is 0 Å². The summed E-state index contributed by atoms with van der Waals surface area (Å²) < 4.78 is 5.90. The molecule has 0 aliphatic heterocycles. The van der Waals surface area contributed by atoms with Crippen LogP contribution in [0.15, 0.2) is 78.4 Å². The van der Waals surface area contributed by atoms with Crippen molar-refractivity contribution < 1.29 is 14.6 Å². The van der Waals surface area contributed by atoms with Crippen molar-refractivity contribution in [1.29, 1.82) is 5.26 Å². The molecule has 3 rings (SSSR count). The summed E-state index contributed by atoms with van der Waals surface area (Å²) in [4.78, 5) is 12.5. The summed E-state index contributed by atoms with van der Waals surface area (Å²) in [6.07, 6.45) is 5.78. The third-order valence-corrected chi connectivity index (χ3v) is 6.09. The Balaban J connectivity index is 1.98. The molecule has 0 bridgehead atoms. The van der Waals surface area contributed by atoms with Gasteiger partial charge in [-0.3, -0.25) is 4.79 Å². The molecule has 1 aliphatic carbocycles. The minimum Gasteiger partial charge on any atom is -0.481 e. The molecule has 4 heteroatoms. The Bertz CT molecular complexity index is 1030. The van der Waals surface area contributed by atoms with Gasteiger partial charge in [0.2, 0.25) is 0 Å². The molecule has 1 fully saturated rings. The van der Waals surface area contributed by atoms with Gasteiger partial charge in [-0.25, -0.2) is 0 Å². The molecule has 0 aromatic heterocycles. The van der Waals surface area contributed by atoms with Gasteiger partial charge in [0.05, 0.1) is 12.0 Å². The van der Waals surface area contributed by atoms with Crippen LogP contribution in [0.3, 0.4) is 0 Å². The van der Waals surface area contributed by atoms with Crippen molar-refractivity contribution in [3.63, 3.8) is 0 Å². The number of carbonyl (C=O) groups is 1. The SMILES string of the molecule is CC(C)=C/C=C\C1C(C)(C)C1(C(=O)O)C(C#N)c1cccc(Oc2ccccc2)c1. The van der Waals surface area contributed by atoms with Gasteiger partial charge in [0.1, 0.15) is 16.9 Å². The molecule has 2 aromatic carbocycles. The van der Waals surface area contributed by atoms with E-state index in [0.717, 1.165) is 5.57 Å². The van der Waals surface area contributed by atoms with Crippen LogP contribution in [0.25, 0.3) is 0 Å². The normalized spacial score (nSPS) is 22.7. The average molecular weight is 402 g/mol. The molecule has 4 nitrogen and oxygen atoms in total. The highest BCUT2D eigenvalue weighted by molar-refractivity contribution is 5.84. The van der Waals surface area contributed by atoms with Gasteiger partial charge >= 0.3 is 5.97 Å². The summed E-state index contributed by atoms with van der Waals surface area (Å²) >= 11 is 0. The zero-order valence-corrected chi connectivity index (χ0v) is 17.8. The number of nitriles is 1. The Morgan fingerprint density at radius 2 is 1.80 bits per heavy atom. The molecule has 3 atom stereocenters. The van der Waals surface area contributed by atoms with Gasteiger partial charge in [0.25, 0.3) is 0 Å². The Morgan fingerprint density at radius 3 is 2.40 bits per heavy atom. The van der Waals surface area contributed by atoms with E-state index in [1.807, 2.05) is 88.4 Å². The van der Waals surface area contributed by atoms with E-state index in [2.05, 4.69) is 6.07 Å². The smallest absolute Gasteiger partial charge is 0.312 e. The number of aliphatic carboxylic acids is 1. The summed E-state index contributed by atoms with van der Waals surface area (Å²) in [5.74, 6) is -0.729. The number of carboxylic acid groups (broad SMARTS) is 1. The average Bonchev–Trinajstić information content (AvgIpc) is 3.19. The topological polar surface area (TPSA) is 70.3 Å². The maximum Gasteiger partial charge on any atom is 0.312 e. The van der Waals surface area contributed by atoms with Crippen molar-refractivity contribution in [2.24, 2.45) is 16.7 Å². The summed E-state index contributed by atoms with van der Waals surface area (Å²) in [7, 11) is 0. The zero-order valence-electron chi connectivity index (χ0n) is 17.8. The second-order valence-corrected chi connectivity index (χ2v) is 8.55. The Morgan fingerprint density at radius 1 is 1.13 bits per heavy atom. The third-order valence-electron chi connectivity index (χ3n) is 6.09. The first kappa shape index (κ1) is 21.4. The van der Waals surface area contributed by atoms with Gasteiger partial charge in [-0.2, -0.15) is 5.26 Å². The minimum atomic E-state index is -1.20. The highest BCUT2D eigenvalue weighted by Gasteiger charge is 2.78. The lowest BCUT2D eigenvalue weighted by molar-refractivity contribution is -0.145. The van der Waals surface area contributed by atoms with Crippen molar-refractivity contribution in [3.05, 3.63) is 84.0 Å². The largest absolute Gasteiger partial charge is 0.481 e. The van der Waals surface area contributed by atoms with Crippen LogP contribution in [-0.2, 0) is 4.79 Å². The highest BCUT2D eigenvalue weighted by Crippen LogP contribution is 2.75. The van der Waals surface area contributed by atoms with Crippen LogP contribution in [0.5, 0.6) is 11.5 Å². The maximum absolute atomic E-state index is 12.5. The number of nitrogens with zero attached hydrogens (tertiary/aromatic N) is 1. The molecule has 30 heavy (non-hydrogen) atoms. The van der Waals surface area contributed by atoms with Gasteiger partial charge in [-0.05, 0) is 49.1 Å². The molecule has 1 N–H and O–H groups in total. The summed E-state index contributed by atoms with van der Waals surface area (Å²) in [6.45, 7) is 7.83. The first-order valence-electron chi connectivity index (χ1n) is 10.0. The standard InChI is InChI=1S/C26H27NO3/c1-18(2)10-8-15-23-25(3,4)26(23,24(28)29)22(17-27)19-11-9-14-21(16-19)30-20-12-6-5-7-13-20/h5-16,22-23H,1-4H3,(H,28,29)/b15-8-. The Kier molecular flexibility index (Phi) is 5.85. The second-order valence-electron chi connectivity index (χ2n) is 8.55. The number of ether oxygens (including phenoxy) is 1. The molecular formula is C26H27NO3. The van der Waals surface area contributed by atoms with Crippen molar-refractivity contribution in [2.75, 3.05) is 0 Å². The number of allylic oxidation sites excluding steroid dienone is 4. The molecule has 0 amide bonds. The summed E-state index contributed by atoms with van der Waals surface area (Å²) in [5, 5.41) is 20.3. The summed E-state index contributed by atoms with van der Waals surface area (Å²) in [5.41, 5.74) is 0.0356. The van der Waals surface area contributed by atoms with Gasteiger partial charge in [0.15, 0.2) is 0 Å². The molecule has 154 valence electrons. The maximum atomic E-state index is 12.5. The van der Waals surface area contributed by atoms with Crippen molar-refractivity contribution in [2.45, 2.75) is 33.6 Å². The van der Waals surface area contributed by atoms with Crippen molar-refractivity contribution in [1.82, 2.24) is 0 Å². The van der Waals surface area contributed by atoms with E-state index in [1.165, 1.54) is 0 Å². The minimum absolute atomic E-state index is 0.249. The first-order chi connectivity index (χ1) is 14.2. The van der Waals surface area contributed by atoms with Crippen LogP contribution in [0.4, 0.5) is 0 Å². The van der Waals surface area contributed by atoms with Crippen LogP contribution in [0.2, 0.25) is 0 Å². The van der Waals surface area contributed by atoms with E-state index in [0.29, 0.717) is 17.1 Å². The van der Waals surface area contributed by atoms with Crippen LogP contribution >= 0.6 is 0 Å².